The molecule has 0 saturated carbocycles. The molecule has 2 aromatic rings. The van der Waals surface area contributed by atoms with Gasteiger partial charge in [-0.2, -0.15) is 0 Å². The lowest BCUT2D eigenvalue weighted by Gasteiger charge is -2.30. The molecule has 1 aromatic heterocycles. The van der Waals surface area contributed by atoms with Crippen LogP contribution in [-0.2, 0) is 16.1 Å². The van der Waals surface area contributed by atoms with Gasteiger partial charge in [-0.15, -0.1) is 0 Å². The van der Waals surface area contributed by atoms with Crippen LogP contribution in [0.3, 0.4) is 0 Å². The van der Waals surface area contributed by atoms with Crippen molar-refractivity contribution in [2.24, 2.45) is 11.7 Å². The van der Waals surface area contributed by atoms with Crippen LogP contribution in [0.4, 0.5) is 0 Å². The molecule has 2 amide bonds. The maximum absolute atomic E-state index is 12.5. The third-order valence-electron chi connectivity index (χ3n) is 4.39. The number of hydrogen-bond acceptors (Lipinski definition) is 3. The van der Waals surface area contributed by atoms with E-state index in [2.05, 4.69) is 4.98 Å². The van der Waals surface area contributed by atoms with E-state index in [1.807, 2.05) is 40.7 Å². The lowest BCUT2D eigenvalue weighted by atomic mass is 9.96. The Morgan fingerprint density at radius 2 is 1.95 bits per heavy atom. The minimum Gasteiger partial charge on any atom is -0.369 e. The highest BCUT2D eigenvalue weighted by Crippen LogP contribution is 2.19. The number of carbonyl (C=O) groups is 2. The van der Waals surface area contributed by atoms with Crippen LogP contribution < -0.4 is 5.73 Å². The molecule has 0 radical (unpaired) electrons. The summed E-state index contributed by atoms with van der Waals surface area (Å²) in [6, 6.07) is 7.81. The van der Waals surface area contributed by atoms with Crippen molar-refractivity contribution >= 4 is 22.8 Å². The Kier molecular flexibility index (Phi) is 3.83. The van der Waals surface area contributed by atoms with E-state index in [9.17, 15) is 9.59 Å². The van der Waals surface area contributed by atoms with Crippen molar-refractivity contribution in [2.75, 3.05) is 13.1 Å². The number of rotatable bonds is 3. The molecular formula is C16H20N4O2. The molecule has 2 N–H and O–H groups in total. The van der Waals surface area contributed by atoms with E-state index < -0.39 is 0 Å². The molecule has 0 spiro atoms. The van der Waals surface area contributed by atoms with E-state index in [1.54, 1.807) is 0 Å². The normalized spacial score (nSPS) is 16.1. The molecular weight excluding hydrogens is 280 g/mol. The van der Waals surface area contributed by atoms with Gasteiger partial charge in [0.05, 0.1) is 11.0 Å². The number of hydrogen-bond donors (Lipinski definition) is 1. The van der Waals surface area contributed by atoms with E-state index in [0.29, 0.717) is 25.9 Å². The van der Waals surface area contributed by atoms with Gasteiger partial charge in [0.2, 0.25) is 11.8 Å². The first kappa shape index (κ1) is 14.6. The molecule has 22 heavy (non-hydrogen) atoms. The van der Waals surface area contributed by atoms with Gasteiger partial charge in [-0.05, 0) is 31.9 Å². The summed E-state index contributed by atoms with van der Waals surface area (Å²) in [7, 11) is 0. The van der Waals surface area contributed by atoms with Crippen molar-refractivity contribution in [1.29, 1.82) is 0 Å². The molecule has 0 aliphatic carbocycles. The van der Waals surface area contributed by atoms with E-state index in [0.717, 1.165) is 16.9 Å². The molecule has 6 heteroatoms. The van der Waals surface area contributed by atoms with Gasteiger partial charge in [0.25, 0.3) is 0 Å². The van der Waals surface area contributed by atoms with Crippen LogP contribution in [0.5, 0.6) is 0 Å². The molecule has 0 unspecified atom stereocenters. The van der Waals surface area contributed by atoms with Crippen LogP contribution in [0, 0.1) is 12.8 Å². The predicted molar refractivity (Wildman–Crippen MR) is 83.0 cm³/mol. The zero-order chi connectivity index (χ0) is 15.7. The summed E-state index contributed by atoms with van der Waals surface area (Å²) in [5.74, 6) is 0.541. The zero-order valence-corrected chi connectivity index (χ0v) is 12.7. The van der Waals surface area contributed by atoms with Gasteiger partial charge in [-0.25, -0.2) is 4.98 Å². The molecule has 1 aromatic carbocycles. The van der Waals surface area contributed by atoms with E-state index >= 15 is 0 Å². The molecule has 6 nitrogen and oxygen atoms in total. The zero-order valence-electron chi connectivity index (χ0n) is 12.7. The lowest BCUT2D eigenvalue weighted by molar-refractivity contribution is -0.135. The molecule has 2 heterocycles. The summed E-state index contributed by atoms with van der Waals surface area (Å²) in [4.78, 5) is 30.0. The summed E-state index contributed by atoms with van der Waals surface area (Å²) in [5.41, 5.74) is 7.20. The minimum atomic E-state index is -0.261. The maximum Gasteiger partial charge on any atom is 0.242 e. The smallest absolute Gasteiger partial charge is 0.242 e. The second kappa shape index (κ2) is 5.79. The van der Waals surface area contributed by atoms with Crippen LogP contribution in [0.2, 0.25) is 0 Å². The second-order valence-corrected chi connectivity index (χ2v) is 5.79. The van der Waals surface area contributed by atoms with E-state index in [-0.39, 0.29) is 24.3 Å². The Labute approximate surface area is 128 Å². The maximum atomic E-state index is 12.5. The Hall–Kier alpha value is -2.37. The number of carbonyl (C=O) groups excluding carboxylic acids is 2. The third kappa shape index (κ3) is 2.68. The topological polar surface area (TPSA) is 81.2 Å². The predicted octanol–water partition coefficient (Wildman–Crippen LogP) is 1.07. The Morgan fingerprint density at radius 3 is 2.64 bits per heavy atom. The minimum absolute atomic E-state index is 0.0640. The van der Waals surface area contributed by atoms with Crippen LogP contribution >= 0.6 is 0 Å². The molecule has 0 bridgehead atoms. The van der Waals surface area contributed by atoms with Crippen molar-refractivity contribution in [2.45, 2.75) is 26.3 Å². The number of aryl methyl sites for hydroxylation is 1. The molecule has 3 rings (SSSR count). The summed E-state index contributed by atoms with van der Waals surface area (Å²) < 4.78 is 1.94. The summed E-state index contributed by atoms with van der Waals surface area (Å²) in [6.45, 7) is 3.39. The summed E-state index contributed by atoms with van der Waals surface area (Å²) in [6.07, 6.45) is 1.31. The summed E-state index contributed by atoms with van der Waals surface area (Å²) in [5, 5.41) is 0. The third-order valence-corrected chi connectivity index (χ3v) is 4.39. The van der Waals surface area contributed by atoms with Crippen LogP contribution in [-0.4, -0.2) is 39.4 Å². The Balaban J connectivity index is 1.72. The monoisotopic (exact) mass is 300 g/mol. The van der Waals surface area contributed by atoms with Gasteiger partial charge in [-0.3, -0.25) is 9.59 Å². The number of para-hydroxylation sites is 2. The van der Waals surface area contributed by atoms with Gasteiger partial charge < -0.3 is 15.2 Å². The van der Waals surface area contributed by atoms with Crippen molar-refractivity contribution in [3.8, 4) is 0 Å². The van der Waals surface area contributed by atoms with Crippen molar-refractivity contribution < 1.29 is 9.59 Å². The standard InChI is InChI=1S/C16H20N4O2/c1-11-18-13-4-2-3-5-14(13)20(11)10-15(21)19-8-6-12(7-9-19)16(17)22/h2-5,12H,6-10H2,1H3,(H2,17,22). The highest BCUT2D eigenvalue weighted by molar-refractivity contribution is 5.82. The Morgan fingerprint density at radius 1 is 1.27 bits per heavy atom. The first-order valence-electron chi connectivity index (χ1n) is 7.55. The molecule has 116 valence electrons. The average Bonchev–Trinajstić information content (AvgIpc) is 2.83. The fraction of sp³-hybridized carbons (Fsp3) is 0.438. The number of benzene rings is 1. The molecule has 1 saturated heterocycles. The van der Waals surface area contributed by atoms with E-state index in [1.165, 1.54) is 0 Å². The number of nitrogens with two attached hydrogens (primary N) is 1. The van der Waals surface area contributed by atoms with E-state index in [4.69, 9.17) is 5.73 Å². The van der Waals surface area contributed by atoms with Gasteiger partial charge in [0.1, 0.15) is 12.4 Å². The fourth-order valence-corrected chi connectivity index (χ4v) is 3.04. The van der Waals surface area contributed by atoms with Gasteiger partial charge in [0.15, 0.2) is 0 Å². The highest BCUT2D eigenvalue weighted by Gasteiger charge is 2.26. The molecule has 1 aliphatic heterocycles. The first-order valence-corrected chi connectivity index (χ1v) is 7.55. The van der Waals surface area contributed by atoms with Crippen LogP contribution in [0.15, 0.2) is 24.3 Å². The van der Waals surface area contributed by atoms with Crippen molar-refractivity contribution in [3.05, 3.63) is 30.1 Å². The van der Waals surface area contributed by atoms with Gasteiger partial charge in [0, 0.05) is 19.0 Å². The highest BCUT2D eigenvalue weighted by atomic mass is 16.2. The number of primary amides is 1. The first-order chi connectivity index (χ1) is 10.6. The van der Waals surface area contributed by atoms with Gasteiger partial charge >= 0.3 is 0 Å². The van der Waals surface area contributed by atoms with Crippen LogP contribution in [0.25, 0.3) is 11.0 Å². The molecule has 1 fully saturated rings. The number of fused-ring (bicyclic) bond motifs is 1. The Bertz CT molecular complexity index is 714. The van der Waals surface area contributed by atoms with Crippen molar-refractivity contribution in [1.82, 2.24) is 14.5 Å². The number of likely N-dealkylation sites (tertiary alicyclic amines) is 1. The number of amides is 2. The largest absolute Gasteiger partial charge is 0.369 e. The van der Waals surface area contributed by atoms with Gasteiger partial charge in [-0.1, -0.05) is 12.1 Å². The number of imidazole rings is 1. The number of nitrogens with zero attached hydrogens (tertiary/aromatic N) is 3. The lowest BCUT2D eigenvalue weighted by Crippen LogP contribution is -2.43. The molecule has 0 atom stereocenters. The number of aromatic nitrogens is 2. The number of piperidine rings is 1. The fourth-order valence-electron chi connectivity index (χ4n) is 3.04. The van der Waals surface area contributed by atoms with Crippen LogP contribution in [0.1, 0.15) is 18.7 Å². The molecule has 1 aliphatic rings. The van der Waals surface area contributed by atoms with Crippen molar-refractivity contribution in [3.63, 3.8) is 0 Å². The summed E-state index contributed by atoms with van der Waals surface area (Å²) >= 11 is 0. The average molecular weight is 300 g/mol. The SMILES string of the molecule is Cc1nc2ccccc2n1CC(=O)N1CCC(C(N)=O)CC1. The quantitative estimate of drug-likeness (QED) is 0.920. The second-order valence-electron chi connectivity index (χ2n) is 5.79.